The van der Waals surface area contributed by atoms with Gasteiger partial charge in [0.25, 0.3) is 0 Å². The lowest BCUT2D eigenvalue weighted by Gasteiger charge is -2.16. The predicted molar refractivity (Wildman–Crippen MR) is 84.5 cm³/mol. The van der Waals surface area contributed by atoms with Gasteiger partial charge < -0.3 is 14.8 Å². The van der Waals surface area contributed by atoms with Crippen LogP contribution in [0.5, 0.6) is 5.75 Å². The van der Waals surface area contributed by atoms with Gasteiger partial charge >= 0.3 is 0 Å². The van der Waals surface area contributed by atoms with E-state index in [1.807, 2.05) is 6.92 Å². The third-order valence-corrected chi connectivity index (χ3v) is 3.29. The molecular formula is C17H29NO2. The second-order valence-electron chi connectivity index (χ2n) is 5.10. The van der Waals surface area contributed by atoms with Crippen LogP contribution in [0.1, 0.15) is 50.8 Å². The quantitative estimate of drug-likeness (QED) is 0.660. The van der Waals surface area contributed by atoms with Crippen LogP contribution in [0.3, 0.4) is 0 Å². The molecule has 0 radical (unpaired) electrons. The smallest absolute Gasteiger partial charge is 0.122 e. The second kappa shape index (κ2) is 9.78. The van der Waals surface area contributed by atoms with Crippen molar-refractivity contribution in [2.45, 2.75) is 46.6 Å². The van der Waals surface area contributed by atoms with Crippen LogP contribution < -0.4 is 10.1 Å². The minimum atomic E-state index is 0.389. The van der Waals surface area contributed by atoms with Crippen molar-refractivity contribution in [3.8, 4) is 5.75 Å². The summed E-state index contributed by atoms with van der Waals surface area (Å²) in [5, 5.41) is 3.50. The number of ether oxygens (including phenoxy) is 2. The highest BCUT2D eigenvalue weighted by molar-refractivity contribution is 5.37. The predicted octanol–water partition coefficient (Wildman–Crippen LogP) is 3.86. The average Bonchev–Trinajstić information content (AvgIpc) is 2.46. The molecule has 0 amide bonds. The summed E-state index contributed by atoms with van der Waals surface area (Å²) in [5.74, 6) is 0.980. The van der Waals surface area contributed by atoms with E-state index in [9.17, 15) is 0 Å². The topological polar surface area (TPSA) is 30.5 Å². The zero-order valence-electron chi connectivity index (χ0n) is 13.4. The van der Waals surface area contributed by atoms with Crippen LogP contribution >= 0.6 is 0 Å². The Balaban J connectivity index is 2.46. The largest absolute Gasteiger partial charge is 0.493 e. The summed E-state index contributed by atoms with van der Waals surface area (Å²) in [6, 6.07) is 6.83. The van der Waals surface area contributed by atoms with Gasteiger partial charge in [0.15, 0.2) is 0 Å². The lowest BCUT2D eigenvalue weighted by atomic mass is 10.0. The summed E-state index contributed by atoms with van der Waals surface area (Å²) in [4.78, 5) is 0. The van der Waals surface area contributed by atoms with Crippen molar-refractivity contribution in [2.24, 2.45) is 0 Å². The van der Waals surface area contributed by atoms with Crippen molar-refractivity contribution in [2.75, 3.05) is 26.4 Å². The van der Waals surface area contributed by atoms with E-state index >= 15 is 0 Å². The standard InChI is InChI=1S/C17H29NO2/c1-5-10-18-15(4)16-8-9-17(14(3)13-16)20-12-7-11-19-6-2/h8-9,13,15,18H,5-7,10-12H2,1-4H3. The SMILES string of the molecule is CCCNC(C)c1ccc(OCCCOCC)c(C)c1. The number of nitrogens with one attached hydrogen (secondary N) is 1. The molecule has 0 saturated heterocycles. The normalized spacial score (nSPS) is 12.4. The van der Waals surface area contributed by atoms with Crippen LogP contribution in [0.25, 0.3) is 0 Å². The summed E-state index contributed by atoms with van der Waals surface area (Å²) in [6.07, 6.45) is 2.09. The maximum Gasteiger partial charge on any atom is 0.122 e. The number of hydrogen-bond acceptors (Lipinski definition) is 3. The van der Waals surface area contributed by atoms with Gasteiger partial charge in [0.1, 0.15) is 5.75 Å². The Morgan fingerprint density at radius 2 is 2.00 bits per heavy atom. The number of hydrogen-bond donors (Lipinski definition) is 1. The van der Waals surface area contributed by atoms with E-state index in [-0.39, 0.29) is 0 Å². The van der Waals surface area contributed by atoms with Gasteiger partial charge in [-0.25, -0.2) is 0 Å². The number of aryl methyl sites for hydroxylation is 1. The first kappa shape index (κ1) is 17.0. The van der Waals surface area contributed by atoms with E-state index in [1.165, 1.54) is 11.1 Å². The summed E-state index contributed by atoms with van der Waals surface area (Å²) in [5.41, 5.74) is 2.52. The molecule has 0 aliphatic carbocycles. The summed E-state index contributed by atoms with van der Waals surface area (Å²) in [6.45, 7) is 11.8. The molecule has 1 N–H and O–H groups in total. The first-order chi connectivity index (χ1) is 9.69. The van der Waals surface area contributed by atoms with E-state index in [0.29, 0.717) is 12.6 Å². The van der Waals surface area contributed by atoms with Crippen LogP contribution in [-0.2, 0) is 4.74 Å². The Labute approximate surface area is 123 Å². The van der Waals surface area contributed by atoms with Crippen molar-refractivity contribution in [1.82, 2.24) is 5.32 Å². The molecule has 0 aromatic heterocycles. The molecule has 1 unspecified atom stereocenters. The zero-order valence-corrected chi connectivity index (χ0v) is 13.4. The van der Waals surface area contributed by atoms with E-state index < -0.39 is 0 Å². The molecule has 20 heavy (non-hydrogen) atoms. The van der Waals surface area contributed by atoms with Gasteiger partial charge in [-0.1, -0.05) is 19.1 Å². The molecule has 0 fully saturated rings. The van der Waals surface area contributed by atoms with E-state index in [1.54, 1.807) is 0 Å². The van der Waals surface area contributed by atoms with Gasteiger partial charge in [-0.15, -0.1) is 0 Å². The van der Waals surface area contributed by atoms with E-state index in [2.05, 4.69) is 44.3 Å². The highest BCUT2D eigenvalue weighted by Crippen LogP contribution is 2.22. The molecule has 0 heterocycles. The second-order valence-corrected chi connectivity index (χ2v) is 5.10. The number of rotatable bonds is 10. The zero-order chi connectivity index (χ0) is 14.8. The van der Waals surface area contributed by atoms with Crippen LogP contribution in [-0.4, -0.2) is 26.4 Å². The molecule has 0 bridgehead atoms. The molecule has 0 aliphatic rings. The molecule has 1 atom stereocenters. The Morgan fingerprint density at radius 3 is 2.65 bits per heavy atom. The van der Waals surface area contributed by atoms with Gasteiger partial charge in [-0.2, -0.15) is 0 Å². The van der Waals surface area contributed by atoms with E-state index in [4.69, 9.17) is 9.47 Å². The summed E-state index contributed by atoms with van der Waals surface area (Å²) >= 11 is 0. The molecule has 3 heteroatoms. The molecule has 0 spiro atoms. The Morgan fingerprint density at radius 1 is 1.20 bits per heavy atom. The molecule has 0 saturated carbocycles. The minimum Gasteiger partial charge on any atom is -0.493 e. The fraction of sp³-hybridized carbons (Fsp3) is 0.647. The Bertz CT molecular complexity index is 379. The van der Waals surface area contributed by atoms with Crippen molar-refractivity contribution >= 4 is 0 Å². The highest BCUT2D eigenvalue weighted by Gasteiger charge is 2.07. The van der Waals surface area contributed by atoms with Gasteiger partial charge in [0.05, 0.1) is 6.61 Å². The molecule has 0 aliphatic heterocycles. The minimum absolute atomic E-state index is 0.389. The Hall–Kier alpha value is -1.06. The lowest BCUT2D eigenvalue weighted by molar-refractivity contribution is 0.130. The van der Waals surface area contributed by atoms with Crippen molar-refractivity contribution < 1.29 is 9.47 Å². The number of benzene rings is 1. The molecule has 1 aromatic rings. The lowest BCUT2D eigenvalue weighted by Crippen LogP contribution is -2.19. The molecule has 114 valence electrons. The third kappa shape index (κ3) is 5.93. The van der Waals surface area contributed by atoms with E-state index in [0.717, 1.165) is 38.3 Å². The van der Waals surface area contributed by atoms with Crippen molar-refractivity contribution in [3.05, 3.63) is 29.3 Å². The first-order valence-corrected chi connectivity index (χ1v) is 7.73. The average molecular weight is 279 g/mol. The maximum atomic E-state index is 5.80. The van der Waals surface area contributed by atoms with Crippen LogP contribution in [0.2, 0.25) is 0 Å². The fourth-order valence-electron chi connectivity index (χ4n) is 2.07. The summed E-state index contributed by atoms with van der Waals surface area (Å²) in [7, 11) is 0. The van der Waals surface area contributed by atoms with Crippen LogP contribution in [0, 0.1) is 6.92 Å². The van der Waals surface area contributed by atoms with Gasteiger partial charge in [0.2, 0.25) is 0 Å². The van der Waals surface area contributed by atoms with Gasteiger partial charge in [0, 0.05) is 25.7 Å². The molecule has 1 aromatic carbocycles. The Kier molecular flexibility index (Phi) is 8.31. The summed E-state index contributed by atoms with van der Waals surface area (Å²) < 4.78 is 11.1. The first-order valence-electron chi connectivity index (χ1n) is 7.73. The van der Waals surface area contributed by atoms with Crippen molar-refractivity contribution in [3.63, 3.8) is 0 Å². The maximum absolute atomic E-state index is 5.80. The monoisotopic (exact) mass is 279 g/mol. The van der Waals surface area contributed by atoms with Crippen LogP contribution in [0.4, 0.5) is 0 Å². The molecular weight excluding hydrogens is 250 g/mol. The van der Waals surface area contributed by atoms with Crippen LogP contribution in [0.15, 0.2) is 18.2 Å². The van der Waals surface area contributed by atoms with Gasteiger partial charge in [-0.05, 0) is 50.9 Å². The fourth-order valence-corrected chi connectivity index (χ4v) is 2.07. The van der Waals surface area contributed by atoms with Gasteiger partial charge in [-0.3, -0.25) is 0 Å². The van der Waals surface area contributed by atoms with Crippen molar-refractivity contribution in [1.29, 1.82) is 0 Å². The molecule has 3 nitrogen and oxygen atoms in total. The highest BCUT2D eigenvalue weighted by atomic mass is 16.5. The third-order valence-electron chi connectivity index (χ3n) is 3.29. The molecule has 1 rings (SSSR count).